The van der Waals surface area contributed by atoms with E-state index >= 15 is 0 Å². The van der Waals surface area contributed by atoms with Gasteiger partial charge in [0.2, 0.25) is 0 Å². The first kappa shape index (κ1) is 9.44. The van der Waals surface area contributed by atoms with Gasteiger partial charge in [0, 0.05) is 22.9 Å². The summed E-state index contributed by atoms with van der Waals surface area (Å²) in [7, 11) is 0. The normalized spacial score (nSPS) is 17.9. The first-order chi connectivity index (χ1) is 6.34. The van der Waals surface area contributed by atoms with Crippen molar-refractivity contribution >= 4 is 24.6 Å². The molecule has 0 N–H and O–H groups in total. The van der Waals surface area contributed by atoms with Crippen LogP contribution in [0.2, 0.25) is 0 Å². The SMILES string of the molecule is Sc1cccc(SN2CCCC2)c1. The van der Waals surface area contributed by atoms with E-state index in [9.17, 15) is 0 Å². The quantitative estimate of drug-likeness (QED) is 0.591. The summed E-state index contributed by atoms with van der Waals surface area (Å²) in [5.74, 6) is 0. The zero-order valence-electron chi connectivity index (χ0n) is 7.44. The van der Waals surface area contributed by atoms with Crippen LogP contribution >= 0.6 is 24.6 Å². The summed E-state index contributed by atoms with van der Waals surface area (Å²) in [6.45, 7) is 2.45. The summed E-state index contributed by atoms with van der Waals surface area (Å²) in [5, 5.41) is 0. The van der Waals surface area contributed by atoms with Gasteiger partial charge in [0.25, 0.3) is 0 Å². The highest BCUT2D eigenvalue weighted by atomic mass is 32.2. The van der Waals surface area contributed by atoms with Crippen LogP contribution < -0.4 is 0 Å². The van der Waals surface area contributed by atoms with E-state index in [1.807, 2.05) is 18.0 Å². The van der Waals surface area contributed by atoms with Gasteiger partial charge in [-0.2, -0.15) is 0 Å². The van der Waals surface area contributed by atoms with E-state index in [-0.39, 0.29) is 0 Å². The number of hydrogen-bond acceptors (Lipinski definition) is 3. The van der Waals surface area contributed by atoms with Gasteiger partial charge in [-0.25, -0.2) is 4.31 Å². The topological polar surface area (TPSA) is 3.24 Å². The molecule has 0 aromatic heterocycles. The van der Waals surface area contributed by atoms with Crippen LogP contribution in [-0.2, 0) is 0 Å². The van der Waals surface area contributed by atoms with Crippen molar-refractivity contribution in [3.05, 3.63) is 24.3 Å². The molecule has 1 heterocycles. The molecule has 0 amide bonds. The van der Waals surface area contributed by atoms with Crippen molar-refractivity contribution in [3.8, 4) is 0 Å². The van der Waals surface area contributed by atoms with Gasteiger partial charge in [0.1, 0.15) is 0 Å². The van der Waals surface area contributed by atoms with Crippen LogP contribution in [0.1, 0.15) is 12.8 Å². The fourth-order valence-electron chi connectivity index (χ4n) is 1.47. The molecule has 1 aliphatic rings. The van der Waals surface area contributed by atoms with Crippen LogP contribution in [-0.4, -0.2) is 17.4 Å². The lowest BCUT2D eigenvalue weighted by molar-refractivity contribution is 0.586. The molecule has 1 aromatic rings. The molecular formula is C10H13NS2. The number of hydrogen-bond donors (Lipinski definition) is 1. The zero-order chi connectivity index (χ0) is 9.10. The lowest BCUT2D eigenvalue weighted by Crippen LogP contribution is -2.08. The highest BCUT2D eigenvalue weighted by Gasteiger charge is 2.12. The zero-order valence-corrected chi connectivity index (χ0v) is 9.15. The van der Waals surface area contributed by atoms with Gasteiger partial charge in [0.15, 0.2) is 0 Å². The maximum atomic E-state index is 4.32. The fourth-order valence-corrected chi connectivity index (χ4v) is 2.84. The lowest BCUT2D eigenvalue weighted by Gasteiger charge is -2.12. The Balaban J connectivity index is 2.00. The van der Waals surface area contributed by atoms with E-state index in [4.69, 9.17) is 0 Å². The Hall–Kier alpha value is -0.120. The second-order valence-corrected chi connectivity index (χ2v) is 4.91. The van der Waals surface area contributed by atoms with Crippen LogP contribution in [0.3, 0.4) is 0 Å². The summed E-state index contributed by atoms with van der Waals surface area (Å²) >= 11 is 6.17. The van der Waals surface area contributed by atoms with Crippen molar-refractivity contribution in [2.24, 2.45) is 0 Å². The summed E-state index contributed by atoms with van der Waals surface area (Å²) in [5.41, 5.74) is 0. The molecule has 1 aromatic carbocycles. The molecule has 13 heavy (non-hydrogen) atoms. The molecule has 0 unspecified atom stereocenters. The van der Waals surface area contributed by atoms with E-state index < -0.39 is 0 Å². The fraction of sp³-hybridized carbons (Fsp3) is 0.400. The molecule has 0 saturated carbocycles. The molecule has 1 aliphatic heterocycles. The van der Waals surface area contributed by atoms with Gasteiger partial charge >= 0.3 is 0 Å². The van der Waals surface area contributed by atoms with Crippen molar-refractivity contribution in [2.45, 2.75) is 22.6 Å². The van der Waals surface area contributed by atoms with E-state index in [2.05, 4.69) is 35.1 Å². The molecule has 0 atom stereocenters. The maximum absolute atomic E-state index is 4.32. The summed E-state index contributed by atoms with van der Waals surface area (Å²) in [6, 6.07) is 8.33. The Kier molecular flexibility index (Phi) is 3.19. The Morgan fingerprint density at radius 3 is 2.69 bits per heavy atom. The summed E-state index contributed by atoms with van der Waals surface area (Å²) < 4.78 is 2.42. The highest BCUT2D eigenvalue weighted by molar-refractivity contribution is 7.97. The molecule has 0 spiro atoms. The van der Waals surface area contributed by atoms with Crippen LogP contribution in [0.5, 0.6) is 0 Å². The molecule has 1 saturated heterocycles. The smallest absolute Gasteiger partial charge is 0.0241 e. The second-order valence-electron chi connectivity index (χ2n) is 3.22. The van der Waals surface area contributed by atoms with Gasteiger partial charge in [0.05, 0.1) is 0 Å². The third-order valence-electron chi connectivity index (χ3n) is 2.12. The number of thiol groups is 1. The van der Waals surface area contributed by atoms with Crippen LogP contribution in [0.4, 0.5) is 0 Å². The van der Waals surface area contributed by atoms with E-state index in [0.717, 1.165) is 4.90 Å². The first-order valence-corrected chi connectivity index (χ1v) is 5.78. The number of rotatable bonds is 2. The van der Waals surface area contributed by atoms with Crippen LogP contribution in [0, 0.1) is 0 Å². The third kappa shape index (κ3) is 2.66. The minimum absolute atomic E-state index is 1.05. The number of nitrogens with zero attached hydrogens (tertiary/aromatic N) is 1. The molecule has 70 valence electrons. The largest absolute Gasteiger partial charge is 0.246 e. The first-order valence-electron chi connectivity index (χ1n) is 4.56. The summed E-state index contributed by atoms with van der Waals surface area (Å²) in [6.07, 6.45) is 2.68. The molecule has 3 heteroatoms. The van der Waals surface area contributed by atoms with Crippen molar-refractivity contribution in [3.63, 3.8) is 0 Å². The minimum atomic E-state index is 1.05. The lowest BCUT2D eigenvalue weighted by atomic mass is 10.4. The number of benzene rings is 1. The van der Waals surface area contributed by atoms with Gasteiger partial charge < -0.3 is 0 Å². The van der Waals surface area contributed by atoms with Crippen molar-refractivity contribution in [1.82, 2.24) is 4.31 Å². The molecule has 1 fully saturated rings. The molecular weight excluding hydrogens is 198 g/mol. The van der Waals surface area contributed by atoms with Gasteiger partial charge in [-0.15, -0.1) is 12.6 Å². The minimum Gasteiger partial charge on any atom is -0.246 e. The third-order valence-corrected chi connectivity index (χ3v) is 3.48. The van der Waals surface area contributed by atoms with Gasteiger partial charge in [-0.3, -0.25) is 0 Å². The summed E-state index contributed by atoms with van der Waals surface area (Å²) in [4.78, 5) is 2.35. The second kappa shape index (κ2) is 4.40. The van der Waals surface area contributed by atoms with Crippen molar-refractivity contribution in [2.75, 3.05) is 13.1 Å². The van der Waals surface area contributed by atoms with Gasteiger partial charge in [-0.05, 0) is 43.0 Å². The molecule has 2 rings (SSSR count). The Morgan fingerprint density at radius 1 is 1.23 bits per heavy atom. The Morgan fingerprint density at radius 2 is 2.00 bits per heavy atom. The van der Waals surface area contributed by atoms with Gasteiger partial charge in [-0.1, -0.05) is 6.07 Å². The molecule has 0 bridgehead atoms. The Labute approximate surface area is 89.1 Å². The van der Waals surface area contributed by atoms with Crippen LogP contribution in [0.25, 0.3) is 0 Å². The van der Waals surface area contributed by atoms with E-state index in [1.165, 1.54) is 30.8 Å². The maximum Gasteiger partial charge on any atom is 0.0241 e. The van der Waals surface area contributed by atoms with E-state index in [1.54, 1.807) is 0 Å². The van der Waals surface area contributed by atoms with Crippen LogP contribution in [0.15, 0.2) is 34.1 Å². The standard InChI is InChI=1S/C10H13NS2/c12-9-4-3-5-10(8-9)13-11-6-1-2-7-11/h3-5,8,12H,1-2,6-7H2. The highest BCUT2D eigenvalue weighted by Crippen LogP contribution is 2.27. The molecule has 1 nitrogen and oxygen atoms in total. The average molecular weight is 211 g/mol. The monoisotopic (exact) mass is 211 g/mol. The average Bonchev–Trinajstić information content (AvgIpc) is 2.57. The van der Waals surface area contributed by atoms with Crippen molar-refractivity contribution < 1.29 is 0 Å². The molecule has 0 radical (unpaired) electrons. The predicted octanol–water partition coefficient (Wildman–Crippen LogP) is 3.08. The predicted molar refractivity (Wildman–Crippen MR) is 60.4 cm³/mol. The Bertz CT molecular complexity index is 282. The molecule has 0 aliphatic carbocycles. The van der Waals surface area contributed by atoms with Crippen molar-refractivity contribution in [1.29, 1.82) is 0 Å². The van der Waals surface area contributed by atoms with E-state index in [0.29, 0.717) is 0 Å².